The number of thioether (sulfide) groups is 1. The predicted molar refractivity (Wildman–Crippen MR) is 67.3 cm³/mol. The maximum atomic E-state index is 11.8. The zero-order valence-electron chi connectivity index (χ0n) is 8.96. The van der Waals surface area contributed by atoms with Crippen molar-refractivity contribution in [1.29, 1.82) is 0 Å². The van der Waals surface area contributed by atoms with Crippen molar-refractivity contribution in [3.63, 3.8) is 0 Å². The van der Waals surface area contributed by atoms with Crippen LogP contribution in [0.1, 0.15) is 10.4 Å². The van der Waals surface area contributed by atoms with Crippen LogP contribution in [-0.2, 0) is 4.74 Å². The fraction of sp³-hybridized carbons (Fsp3) is 0.300. The monoisotopic (exact) mass is 343 g/mol. The van der Waals surface area contributed by atoms with Crippen molar-refractivity contribution >= 4 is 39.3 Å². The lowest BCUT2D eigenvalue weighted by Crippen LogP contribution is -2.11. The fourth-order valence-corrected chi connectivity index (χ4v) is 1.69. The van der Waals surface area contributed by atoms with Crippen LogP contribution in [0, 0.1) is 0 Å². The quantitative estimate of drug-likeness (QED) is 0.517. The van der Waals surface area contributed by atoms with E-state index >= 15 is 0 Å². The number of ether oxygens (including phenoxy) is 1. The normalized spacial score (nSPS) is 11.3. The van der Waals surface area contributed by atoms with Crippen LogP contribution in [0.3, 0.4) is 0 Å². The minimum absolute atomic E-state index is 0.202. The number of alkyl halides is 3. The van der Waals surface area contributed by atoms with Crippen molar-refractivity contribution < 1.29 is 22.7 Å². The van der Waals surface area contributed by atoms with E-state index in [1.54, 1.807) is 6.07 Å². The van der Waals surface area contributed by atoms with E-state index in [1.807, 2.05) is 0 Å². The molecule has 0 aliphatic rings. The number of carbonyl (C=O) groups excluding carboxylic acids is 1. The number of nitrogens with two attached hydrogens (primary N) is 1. The Balaban J connectivity index is 2.43. The Bertz CT molecular complexity index is 440. The maximum absolute atomic E-state index is 11.8. The van der Waals surface area contributed by atoms with Gasteiger partial charge in [-0.1, -0.05) is 0 Å². The molecular weight excluding hydrogens is 335 g/mol. The van der Waals surface area contributed by atoms with Crippen molar-refractivity contribution in [1.82, 2.24) is 0 Å². The second-order valence-corrected chi connectivity index (χ2v) is 5.18. The van der Waals surface area contributed by atoms with Gasteiger partial charge in [0.05, 0.1) is 5.56 Å². The molecule has 0 unspecified atom stereocenters. The number of carbonyl (C=O) groups is 1. The molecule has 0 saturated carbocycles. The summed E-state index contributed by atoms with van der Waals surface area (Å²) in [5.74, 6) is -1.03. The summed E-state index contributed by atoms with van der Waals surface area (Å²) in [5, 5.41) is 0. The Morgan fingerprint density at radius 3 is 2.67 bits per heavy atom. The molecular formula is C10H9BrF3NO2S. The van der Waals surface area contributed by atoms with Crippen molar-refractivity contribution in [3.8, 4) is 0 Å². The standard InChI is InChI=1S/C10H9BrF3NO2S/c11-7-2-1-6(5-8(7)15)9(16)17-3-4-18-10(12,13)14/h1-2,5H,3-4,15H2. The van der Waals surface area contributed by atoms with E-state index in [0.717, 1.165) is 0 Å². The number of hydrogen-bond acceptors (Lipinski definition) is 4. The summed E-state index contributed by atoms with van der Waals surface area (Å²) in [6, 6.07) is 4.43. The number of anilines is 1. The van der Waals surface area contributed by atoms with Crippen LogP contribution in [0.5, 0.6) is 0 Å². The molecule has 0 fully saturated rings. The van der Waals surface area contributed by atoms with Crippen LogP contribution in [0.15, 0.2) is 22.7 Å². The lowest BCUT2D eigenvalue weighted by molar-refractivity contribution is -0.0331. The molecule has 1 rings (SSSR count). The van der Waals surface area contributed by atoms with E-state index in [1.165, 1.54) is 12.1 Å². The topological polar surface area (TPSA) is 52.3 Å². The third-order valence-electron chi connectivity index (χ3n) is 1.81. The number of nitrogen functional groups attached to an aromatic ring is 1. The number of hydrogen-bond donors (Lipinski definition) is 1. The molecule has 2 N–H and O–H groups in total. The van der Waals surface area contributed by atoms with Crippen LogP contribution in [0.25, 0.3) is 0 Å². The number of benzene rings is 1. The molecule has 3 nitrogen and oxygen atoms in total. The van der Waals surface area contributed by atoms with Gasteiger partial charge in [-0.25, -0.2) is 4.79 Å². The number of halogens is 4. The lowest BCUT2D eigenvalue weighted by Gasteiger charge is -2.07. The summed E-state index contributed by atoms with van der Waals surface area (Å²) in [4.78, 5) is 11.4. The summed E-state index contributed by atoms with van der Waals surface area (Å²) in [6.07, 6.45) is 0. The van der Waals surface area contributed by atoms with Gasteiger partial charge in [-0.3, -0.25) is 0 Å². The second kappa shape index (κ2) is 6.33. The van der Waals surface area contributed by atoms with Crippen LogP contribution in [0.2, 0.25) is 0 Å². The molecule has 100 valence electrons. The molecule has 0 atom stereocenters. The highest BCUT2D eigenvalue weighted by Crippen LogP contribution is 2.29. The first-order valence-corrected chi connectivity index (χ1v) is 6.50. The first-order chi connectivity index (χ1) is 8.29. The number of esters is 1. The van der Waals surface area contributed by atoms with Crippen molar-refractivity contribution in [2.45, 2.75) is 5.51 Å². The second-order valence-electron chi connectivity index (χ2n) is 3.17. The molecule has 0 aromatic heterocycles. The minimum atomic E-state index is -4.31. The zero-order chi connectivity index (χ0) is 13.8. The highest BCUT2D eigenvalue weighted by Gasteiger charge is 2.27. The van der Waals surface area contributed by atoms with Gasteiger partial charge in [0.15, 0.2) is 0 Å². The van der Waals surface area contributed by atoms with Gasteiger partial charge < -0.3 is 10.5 Å². The smallest absolute Gasteiger partial charge is 0.441 e. The largest absolute Gasteiger partial charge is 0.461 e. The van der Waals surface area contributed by atoms with Crippen molar-refractivity contribution in [2.24, 2.45) is 0 Å². The van der Waals surface area contributed by atoms with Gasteiger partial charge in [-0.05, 0) is 45.9 Å². The van der Waals surface area contributed by atoms with Gasteiger partial charge in [0, 0.05) is 15.9 Å². The molecule has 0 spiro atoms. The van der Waals surface area contributed by atoms with E-state index in [0.29, 0.717) is 10.2 Å². The fourth-order valence-electron chi connectivity index (χ4n) is 1.05. The molecule has 0 radical (unpaired) electrons. The molecule has 0 bridgehead atoms. The van der Waals surface area contributed by atoms with E-state index in [-0.39, 0.29) is 29.7 Å². The summed E-state index contributed by atoms with van der Waals surface area (Å²) >= 11 is 2.93. The molecule has 8 heteroatoms. The van der Waals surface area contributed by atoms with Gasteiger partial charge in [0.25, 0.3) is 0 Å². The predicted octanol–water partition coefficient (Wildman–Crippen LogP) is 3.44. The highest BCUT2D eigenvalue weighted by atomic mass is 79.9. The molecule has 0 amide bonds. The molecule has 1 aromatic rings. The van der Waals surface area contributed by atoms with Crippen molar-refractivity contribution in [3.05, 3.63) is 28.2 Å². The average Bonchev–Trinajstić information content (AvgIpc) is 2.26. The first-order valence-electron chi connectivity index (χ1n) is 4.72. The van der Waals surface area contributed by atoms with Gasteiger partial charge in [-0.2, -0.15) is 13.2 Å². The highest BCUT2D eigenvalue weighted by molar-refractivity contribution is 9.10. The molecule has 0 aliphatic heterocycles. The maximum Gasteiger partial charge on any atom is 0.441 e. The van der Waals surface area contributed by atoms with Gasteiger partial charge in [0.2, 0.25) is 0 Å². The van der Waals surface area contributed by atoms with Crippen LogP contribution in [0.4, 0.5) is 18.9 Å². The van der Waals surface area contributed by atoms with E-state index < -0.39 is 11.5 Å². The summed E-state index contributed by atoms with van der Waals surface area (Å²) in [7, 11) is 0. The van der Waals surface area contributed by atoms with Crippen molar-refractivity contribution in [2.75, 3.05) is 18.1 Å². The third kappa shape index (κ3) is 5.18. The molecule has 0 aliphatic carbocycles. The van der Waals surface area contributed by atoms with E-state index in [9.17, 15) is 18.0 Å². The van der Waals surface area contributed by atoms with Crippen LogP contribution < -0.4 is 5.73 Å². The Morgan fingerprint density at radius 2 is 2.11 bits per heavy atom. The Hall–Kier alpha value is -0.890. The van der Waals surface area contributed by atoms with Crippen LogP contribution in [-0.4, -0.2) is 23.8 Å². The number of rotatable bonds is 4. The molecule has 0 saturated heterocycles. The average molecular weight is 344 g/mol. The summed E-state index contributed by atoms with van der Waals surface area (Å²) < 4.78 is 40.7. The Labute approximate surface area is 114 Å². The van der Waals surface area contributed by atoms with Gasteiger partial charge >= 0.3 is 11.5 Å². The first kappa shape index (κ1) is 15.2. The van der Waals surface area contributed by atoms with E-state index in [4.69, 9.17) is 5.73 Å². The molecule has 0 heterocycles. The Morgan fingerprint density at radius 1 is 1.44 bits per heavy atom. The van der Waals surface area contributed by atoms with Gasteiger partial charge in [-0.15, -0.1) is 0 Å². The Kier molecular flexibility index (Phi) is 5.33. The molecule has 18 heavy (non-hydrogen) atoms. The van der Waals surface area contributed by atoms with Gasteiger partial charge in [0.1, 0.15) is 6.61 Å². The summed E-state index contributed by atoms with van der Waals surface area (Å²) in [5.41, 5.74) is 1.81. The minimum Gasteiger partial charge on any atom is -0.461 e. The zero-order valence-corrected chi connectivity index (χ0v) is 11.4. The van der Waals surface area contributed by atoms with Crippen LogP contribution >= 0.6 is 27.7 Å². The third-order valence-corrected chi connectivity index (χ3v) is 3.23. The molecule has 1 aromatic carbocycles. The van der Waals surface area contributed by atoms with E-state index in [2.05, 4.69) is 20.7 Å². The SMILES string of the molecule is Nc1cc(C(=O)OCCSC(F)(F)F)ccc1Br. The summed E-state index contributed by atoms with van der Waals surface area (Å²) in [6.45, 7) is -0.307. The lowest BCUT2D eigenvalue weighted by atomic mass is 10.2.